The SMILES string of the molecule is CCN1C(=S)N(CC)[C@H]2NC(=S)N[C@H]21. The molecule has 6 heteroatoms. The van der Waals surface area contributed by atoms with Crippen molar-refractivity contribution >= 4 is 34.7 Å². The molecule has 2 saturated heterocycles. The number of likely N-dealkylation sites (N-methyl/N-ethyl adjacent to an activating group) is 2. The van der Waals surface area contributed by atoms with Gasteiger partial charge >= 0.3 is 0 Å². The minimum absolute atomic E-state index is 0.208. The molecular weight excluding hydrogens is 216 g/mol. The first-order chi connectivity index (χ1) is 6.69. The molecule has 0 aromatic carbocycles. The molecule has 0 bridgehead atoms. The van der Waals surface area contributed by atoms with Crippen LogP contribution in [-0.2, 0) is 0 Å². The molecule has 0 saturated carbocycles. The van der Waals surface area contributed by atoms with E-state index in [1.54, 1.807) is 0 Å². The molecule has 2 aliphatic heterocycles. The van der Waals surface area contributed by atoms with E-state index in [0.29, 0.717) is 0 Å². The van der Waals surface area contributed by atoms with Crippen LogP contribution in [0.2, 0.25) is 0 Å². The molecule has 0 aromatic heterocycles. The lowest BCUT2D eigenvalue weighted by Gasteiger charge is -2.23. The smallest absolute Gasteiger partial charge is 0.175 e. The topological polar surface area (TPSA) is 30.5 Å². The van der Waals surface area contributed by atoms with Crippen molar-refractivity contribution in [3.8, 4) is 0 Å². The number of nitrogens with one attached hydrogen (secondary N) is 2. The molecule has 2 heterocycles. The van der Waals surface area contributed by atoms with E-state index < -0.39 is 0 Å². The number of fused-ring (bicyclic) bond motifs is 1. The summed E-state index contributed by atoms with van der Waals surface area (Å²) in [5, 5.41) is 8.09. The van der Waals surface area contributed by atoms with Gasteiger partial charge in [-0.05, 0) is 38.3 Å². The van der Waals surface area contributed by atoms with Gasteiger partial charge in [-0.1, -0.05) is 0 Å². The first kappa shape index (κ1) is 9.92. The zero-order chi connectivity index (χ0) is 10.3. The Morgan fingerprint density at radius 2 is 1.50 bits per heavy atom. The van der Waals surface area contributed by atoms with Gasteiger partial charge in [-0.15, -0.1) is 0 Å². The van der Waals surface area contributed by atoms with Gasteiger partial charge in [0, 0.05) is 13.1 Å². The predicted molar refractivity (Wildman–Crippen MR) is 63.8 cm³/mol. The summed E-state index contributed by atoms with van der Waals surface area (Å²) in [6.45, 7) is 6.03. The van der Waals surface area contributed by atoms with Crippen molar-refractivity contribution in [2.24, 2.45) is 0 Å². The summed E-state index contributed by atoms with van der Waals surface area (Å²) in [5.74, 6) is 0. The third-order valence-electron chi connectivity index (χ3n) is 2.70. The van der Waals surface area contributed by atoms with Gasteiger partial charge in [-0.2, -0.15) is 0 Å². The van der Waals surface area contributed by atoms with Crippen molar-refractivity contribution in [2.75, 3.05) is 13.1 Å². The van der Waals surface area contributed by atoms with Gasteiger partial charge in [-0.3, -0.25) is 0 Å². The number of hydrogen-bond acceptors (Lipinski definition) is 2. The first-order valence-corrected chi connectivity index (χ1v) is 5.65. The Labute approximate surface area is 94.6 Å². The number of nitrogens with zero attached hydrogens (tertiary/aromatic N) is 2. The van der Waals surface area contributed by atoms with Gasteiger partial charge in [0.15, 0.2) is 10.2 Å². The van der Waals surface area contributed by atoms with Crippen molar-refractivity contribution in [1.29, 1.82) is 0 Å². The Hall–Kier alpha value is -0.620. The maximum atomic E-state index is 5.38. The molecule has 0 amide bonds. The minimum Gasteiger partial charge on any atom is -0.339 e. The lowest BCUT2D eigenvalue weighted by atomic mass is 10.4. The average molecular weight is 230 g/mol. The zero-order valence-corrected chi connectivity index (χ0v) is 9.91. The summed E-state index contributed by atoms with van der Waals surface area (Å²) in [6, 6.07) is 0. The van der Waals surface area contributed by atoms with Gasteiger partial charge in [0.25, 0.3) is 0 Å². The van der Waals surface area contributed by atoms with E-state index in [4.69, 9.17) is 24.4 Å². The van der Waals surface area contributed by atoms with Crippen LogP contribution in [0.4, 0.5) is 0 Å². The van der Waals surface area contributed by atoms with E-state index in [9.17, 15) is 0 Å². The van der Waals surface area contributed by atoms with E-state index in [0.717, 1.165) is 23.3 Å². The van der Waals surface area contributed by atoms with E-state index in [2.05, 4.69) is 34.3 Å². The molecule has 0 radical (unpaired) electrons. The maximum absolute atomic E-state index is 5.38. The van der Waals surface area contributed by atoms with Crippen LogP contribution in [0.1, 0.15) is 13.8 Å². The van der Waals surface area contributed by atoms with Gasteiger partial charge < -0.3 is 20.4 Å². The summed E-state index contributed by atoms with van der Waals surface area (Å²) in [5.41, 5.74) is 0. The monoisotopic (exact) mass is 230 g/mol. The molecule has 78 valence electrons. The second-order valence-corrected chi connectivity index (χ2v) is 4.14. The molecule has 0 aromatic rings. The highest BCUT2D eigenvalue weighted by molar-refractivity contribution is 7.80. The molecule has 2 aliphatic rings. The second kappa shape index (κ2) is 3.51. The van der Waals surface area contributed by atoms with Crippen molar-refractivity contribution in [2.45, 2.75) is 26.2 Å². The largest absolute Gasteiger partial charge is 0.339 e. The number of hydrogen-bond donors (Lipinski definition) is 2. The molecule has 2 fully saturated rings. The fourth-order valence-electron chi connectivity index (χ4n) is 2.03. The Morgan fingerprint density at radius 1 is 1.07 bits per heavy atom. The van der Waals surface area contributed by atoms with Crippen LogP contribution in [0, 0.1) is 0 Å². The molecule has 0 unspecified atom stereocenters. The Kier molecular flexibility index (Phi) is 2.48. The minimum atomic E-state index is 0.208. The lowest BCUT2D eigenvalue weighted by Crippen LogP contribution is -2.43. The highest BCUT2D eigenvalue weighted by atomic mass is 32.1. The lowest BCUT2D eigenvalue weighted by molar-refractivity contribution is 0.274. The fraction of sp³-hybridized carbons (Fsp3) is 0.750. The quantitative estimate of drug-likeness (QED) is 0.652. The van der Waals surface area contributed by atoms with Crippen LogP contribution in [0.3, 0.4) is 0 Å². The number of thiocarbonyl (C=S) groups is 2. The summed E-state index contributed by atoms with van der Waals surface area (Å²) in [4.78, 5) is 4.32. The van der Waals surface area contributed by atoms with E-state index in [1.165, 1.54) is 0 Å². The van der Waals surface area contributed by atoms with Crippen molar-refractivity contribution < 1.29 is 0 Å². The standard InChI is InChI=1S/C8H14N4S2/c1-3-11-5-6(10-7(13)9-5)12(4-2)8(11)14/h5-6H,3-4H2,1-2H3,(H2,9,10,13)/t5-,6+. The molecule has 2 atom stereocenters. The third kappa shape index (κ3) is 1.25. The van der Waals surface area contributed by atoms with Crippen LogP contribution in [0.25, 0.3) is 0 Å². The highest BCUT2D eigenvalue weighted by Crippen LogP contribution is 2.22. The van der Waals surface area contributed by atoms with Crippen LogP contribution >= 0.6 is 24.4 Å². The summed E-state index contributed by atoms with van der Waals surface area (Å²) >= 11 is 10.5. The highest BCUT2D eigenvalue weighted by Gasteiger charge is 2.46. The second-order valence-electron chi connectivity index (χ2n) is 3.36. The zero-order valence-electron chi connectivity index (χ0n) is 8.28. The molecule has 2 N–H and O–H groups in total. The summed E-state index contributed by atoms with van der Waals surface area (Å²) in [6.07, 6.45) is 0.417. The van der Waals surface area contributed by atoms with Crippen LogP contribution in [0.15, 0.2) is 0 Å². The van der Waals surface area contributed by atoms with Crippen LogP contribution in [0.5, 0.6) is 0 Å². The van der Waals surface area contributed by atoms with Gasteiger partial charge in [0.2, 0.25) is 0 Å². The van der Waals surface area contributed by atoms with Crippen LogP contribution < -0.4 is 10.6 Å². The maximum Gasteiger partial charge on any atom is 0.175 e. The number of rotatable bonds is 2. The Balaban J connectivity index is 2.24. The molecule has 0 spiro atoms. The molecule has 2 rings (SSSR count). The Bertz CT molecular complexity index is 257. The predicted octanol–water partition coefficient (Wildman–Crippen LogP) is 0.0586. The molecule has 4 nitrogen and oxygen atoms in total. The van der Waals surface area contributed by atoms with Gasteiger partial charge in [0.1, 0.15) is 12.3 Å². The summed E-state index contributed by atoms with van der Waals surface area (Å²) < 4.78 is 0. The molecular formula is C8H14N4S2. The Morgan fingerprint density at radius 3 is 1.86 bits per heavy atom. The van der Waals surface area contributed by atoms with Crippen molar-refractivity contribution in [3.63, 3.8) is 0 Å². The van der Waals surface area contributed by atoms with Crippen LogP contribution in [-0.4, -0.2) is 45.4 Å². The van der Waals surface area contributed by atoms with Crippen molar-refractivity contribution in [1.82, 2.24) is 20.4 Å². The molecule has 14 heavy (non-hydrogen) atoms. The van der Waals surface area contributed by atoms with Gasteiger partial charge in [-0.25, -0.2) is 0 Å². The first-order valence-electron chi connectivity index (χ1n) is 4.83. The van der Waals surface area contributed by atoms with E-state index >= 15 is 0 Å². The normalized spacial score (nSPS) is 30.4. The summed E-state index contributed by atoms with van der Waals surface area (Å²) in [7, 11) is 0. The third-order valence-corrected chi connectivity index (χ3v) is 3.41. The average Bonchev–Trinajstić information content (AvgIpc) is 2.59. The van der Waals surface area contributed by atoms with E-state index in [1.807, 2.05) is 0 Å². The van der Waals surface area contributed by atoms with E-state index in [-0.39, 0.29) is 12.3 Å². The molecule has 0 aliphatic carbocycles. The fourth-order valence-corrected chi connectivity index (χ4v) is 2.76. The van der Waals surface area contributed by atoms with Crippen molar-refractivity contribution in [3.05, 3.63) is 0 Å². The van der Waals surface area contributed by atoms with Gasteiger partial charge in [0.05, 0.1) is 0 Å².